The van der Waals surface area contributed by atoms with E-state index in [1.165, 1.54) is 12.8 Å². The summed E-state index contributed by atoms with van der Waals surface area (Å²) in [5, 5.41) is 8.78. The minimum atomic E-state index is -3.55. The standard InChI is InChI=1S/C16H21NO3S/c1-13-6-9-16(15(12-13)5-3-11-18)21(19,20)17-10-2-4-14-7-8-14/h6,9,12,14,17-18H,2,4,7-8,10-11H2,1H3. The number of aliphatic hydroxyl groups excluding tert-OH is 1. The van der Waals surface area contributed by atoms with Crippen LogP contribution in [0.5, 0.6) is 0 Å². The molecule has 21 heavy (non-hydrogen) atoms. The lowest BCUT2D eigenvalue weighted by molar-refractivity contribution is 0.350. The van der Waals surface area contributed by atoms with E-state index in [1.807, 2.05) is 6.92 Å². The Balaban J connectivity index is 2.09. The van der Waals surface area contributed by atoms with Gasteiger partial charge < -0.3 is 5.11 Å². The number of hydrogen-bond donors (Lipinski definition) is 2. The minimum absolute atomic E-state index is 0.181. The van der Waals surface area contributed by atoms with E-state index in [0.29, 0.717) is 12.1 Å². The Kier molecular flexibility index (Phi) is 5.40. The maximum Gasteiger partial charge on any atom is 0.241 e. The predicted octanol–water partition coefficient (Wildman–Crippen LogP) is 1.81. The summed E-state index contributed by atoms with van der Waals surface area (Å²) in [6, 6.07) is 5.05. The zero-order valence-corrected chi connectivity index (χ0v) is 13.0. The fraction of sp³-hybridized carbons (Fsp3) is 0.500. The van der Waals surface area contributed by atoms with Crippen LogP contribution in [0.4, 0.5) is 0 Å². The molecule has 0 unspecified atom stereocenters. The van der Waals surface area contributed by atoms with E-state index in [0.717, 1.165) is 24.3 Å². The van der Waals surface area contributed by atoms with Gasteiger partial charge in [-0.2, -0.15) is 0 Å². The third kappa shape index (κ3) is 4.85. The smallest absolute Gasteiger partial charge is 0.241 e. The molecule has 0 saturated heterocycles. The molecule has 1 aliphatic carbocycles. The van der Waals surface area contributed by atoms with Gasteiger partial charge in [0.2, 0.25) is 10.0 Å². The monoisotopic (exact) mass is 307 g/mol. The summed E-state index contributed by atoms with van der Waals surface area (Å²) in [4.78, 5) is 0.181. The Morgan fingerprint density at radius 3 is 2.81 bits per heavy atom. The molecule has 0 aromatic heterocycles. The van der Waals surface area contributed by atoms with Crippen molar-refractivity contribution in [1.82, 2.24) is 4.72 Å². The van der Waals surface area contributed by atoms with Crippen LogP contribution in [-0.4, -0.2) is 26.7 Å². The topological polar surface area (TPSA) is 66.4 Å². The van der Waals surface area contributed by atoms with Crippen LogP contribution in [0.3, 0.4) is 0 Å². The first-order valence-electron chi connectivity index (χ1n) is 7.23. The molecule has 4 nitrogen and oxygen atoms in total. The molecule has 0 aliphatic heterocycles. The van der Waals surface area contributed by atoms with E-state index in [4.69, 9.17) is 5.11 Å². The molecule has 0 amide bonds. The molecule has 0 atom stereocenters. The number of sulfonamides is 1. The summed E-state index contributed by atoms with van der Waals surface area (Å²) in [7, 11) is -3.55. The van der Waals surface area contributed by atoms with Gasteiger partial charge in [0.05, 0.1) is 4.90 Å². The summed E-state index contributed by atoms with van der Waals surface area (Å²) >= 11 is 0. The predicted molar refractivity (Wildman–Crippen MR) is 82.3 cm³/mol. The first-order chi connectivity index (χ1) is 10.0. The van der Waals surface area contributed by atoms with Crippen molar-refractivity contribution in [3.05, 3.63) is 29.3 Å². The van der Waals surface area contributed by atoms with E-state index >= 15 is 0 Å². The van der Waals surface area contributed by atoms with Gasteiger partial charge >= 0.3 is 0 Å². The van der Waals surface area contributed by atoms with Crippen molar-refractivity contribution < 1.29 is 13.5 Å². The molecule has 1 aromatic rings. The molecular weight excluding hydrogens is 286 g/mol. The molecule has 1 aliphatic rings. The van der Waals surface area contributed by atoms with E-state index in [-0.39, 0.29) is 11.5 Å². The number of benzene rings is 1. The highest BCUT2D eigenvalue weighted by atomic mass is 32.2. The fourth-order valence-electron chi connectivity index (χ4n) is 2.19. The summed E-state index contributed by atoms with van der Waals surface area (Å²) in [6.45, 7) is 2.05. The lowest BCUT2D eigenvalue weighted by Gasteiger charge is -2.09. The number of aliphatic hydroxyl groups is 1. The molecule has 0 bridgehead atoms. The highest BCUT2D eigenvalue weighted by Crippen LogP contribution is 2.33. The van der Waals surface area contributed by atoms with Crippen LogP contribution < -0.4 is 4.72 Å². The Bertz CT molecular complexity index is 652. The van der Waals surface area contributed by atoms with Gasteiger partial charge in [0.15, 0.2) is 0 Å². The molecule has 2 N–H and O–H groups in total. The maximum absolute atomic E-state index is 12.3. The molecule has 0 spiro atoms. The SMILES string of the molecule is Cc1ccc(S(=O)(=O)NCCCC2CC2)c(C#CCO)c1. The first kappa shape index (κ1) is 16.0. The van der Waals surface area contributed by atoms with Gasteiger partial charge in [0, 0.05) is 12.1 Å². The number of aryl methyl sites for hydroxylation is 1. The first-order valence-corrected chi connectivity index (χ1v) is 8.71. The van der Waals surface area contributed by atoms with Gasteiger partial charge in [-0.25, -0.2) is 13.1 Å². The molecule has 1 saturated carbocycles. The van der Waals surface area contributed by atoms with Crippen LogP contribution in [0, 0.1) is 24.7 Å². The highest BCUT2D eigenvalue weighted by Gasteiger charge is 2.21. The zero-order chi connectivity index (χ0) is 15.3. The summed E-state index contributed by atoms with van der Waals surface area (Å²) < 4.78 is 27.3. The second-order valence-electron chi connectivity index (χ2n) is 5.44. The Morgan fingerprint density at radius 1 is 1.38 bits per heavy atom. The Morgan fingerprint density at radius 2 is 2.14 bits per heavy atom. The number of hydrogen-bond acceptors (Lipinski definition) is 3. The van der Waals surface area contributed by atoms with Gasteiger partial charge in [-0.15, -0.1) is 0 Å². The van der Waals surface area contributed by atoms with Crippen molar-refractivity contribution in [3.63, 3.8) is 0 Å². The van der Waals surface area contributed by atoms with Crippen LogP contribution in [0.25, 0.3) is 0 Å². The molecular formula is C16H21NO3S. The quantitative estimate of drug-likeness (QED) is 0.622. The van der Waals surface area contributed by atoms with Crippen LogP contribution >= 0.6 is 0 Å². The number of rotatable bonds is 6. The van der Waals surface area contributed by atoms with E-state index in [2.05, 4.69) is 16.6 Å². The highest BCUT2D eigenvalue weighted by molar-refractivity contribution is 7.89. The summed E-state index contributed by atoms with van der Waals surface area (Å²) in [5.74, 6) is 6.02. The Hall–Kier alpha value is -1.35. The van der Waals surface area contributed by atoms with Crippen LogP contribution in [-0.2, 0) is 10.0 Å². The van der Waals surface area contributed by atoms with E-state index in [9.17, 15) is 8.42 Å². The third-order valence-electron chi connectivity index (χ3n) is 3.50. The van der Waals surface area contributed by atoms with E-state index in [1.54, 1.807) is 18.2 Å². The van der Waals surface area contributed by atoms with Crippen LogP contribution in [0.15, 0.2) is 23.1 Å². The zero-order valence-electron chi connectivity index (χ0n) is 12.2. The molecule has 0 radical (unpaired) electrons. The summed E-state index contributed by atoms with van der Waals surface area (Å²) in [5.41, 5.74) is 1.36. The van der Waals surface area contributed by atoms with Gasteiger partial charge in [0.1, 0.15) is 6.61 Å². The van der Waals surface area contributed by atoms with Crippen molar-refractivity contribution in [2.45, 2.75) is 37.5 Å². The number of nitrogens with one attached hydrogen (secondary N) is 1. The van der Waals surface area contributed by atoms with Crippen molar-refractivity contribution in [2.24, 2.45) is 5.92 Å². The second-order valence-corrected chi connectivity index (χ2v) is 7.18. The normalized spacial score (nSPS) is 14.6. The lowest BCUT2D eigenvalue weighted by Crippen LogP contribution is -2.25. The largest absolute Gasteiger partial charge is 0.384 e. The molecule has 1 aromatic carbocycles. The molecule has 0 heterocycles. The average Bonchev–Trinajstić information content (AvgIpc) is 3.25. The third-order valence-corrected chi connectivity index (χ3v) is 5.02. The van der Waals surface area contributed by atoms with Crippen molar-refractivity contribution in [1.29, 1.82) is 0 Å². The van der Waals surface area contributed by atoms with Gasteiger partial charge in [-0.05, 0) is 43.4 Å². The lowest BCUT2D eigenvalue weighted by atomic mass is 10.1. The fourth-order valence-corrected chi connectivity index (χ4v) is 3.41. The van der Waals surface area contributed by atoms with Crippen LogP contribution in [0.2, 0.25) is 0 Å². The minimum Gasteiger partial charge on any atom is -0.384 e. The second kappa shape index (κ2) is 7.08. The summed E-state index contributed by atoms with van der Waals surface area (Å²) in [6.07, 6.45) is 4.53. The van der Waals surface area contributed by atoms with Gasteiger partial charge in [-0.3, -0.25) is 0 Å². The maximum atomic E-state index is 12.3. The van der Waals surface area contributed by atoms with Crippen molar-refractivity contribution >= 4 is 10.0 Å². The molecule has 114 valence electrons. The van der Waals surface area contributed by atoms with Crippen molar-refractivity contribution in [3.8, 4) is 11.8 Å². The molecule has 5 heteroatoms. The van der Waals surface area contributed by atoms with E-state index < -0.39 is 10.0 Å². The van der Waals surface area contributed by atoms with Gasteiger partial charge in [0.25, 0.3) is 0 Å². The Labute approximate surface area is 126 Å². The van der Waals surface area contributed by atoms with Crippen LogP contribution in [0.1, 0.15) is 36.8 Å². The molecule has 1 fully saturated rings. The average molecular weight is 307 g/mol. The van der Waals surface area contributed by atoms with Gasteiger partial charge in [-0.1, -0.05) is 30.7 Å². The van der Waals surface area contributed by atoms with Crippen molar-refractivity contribution in [2.75, 3.05) is 13.2 Å². The molecule has 2 rings (SSSR count).